The van der Waals surface area contributed by atoms with E-state index in [1.54, 1.807) is 6.07 Å². The lowest BCUT2D eigenvalue weighted by molar-refractivity contribution is 0.483. The minimum absolute atomic E-state index is 0.0884. The summed E-state index contributed by atoms with van der Waals surface area (Å²) in [7, 11) is -4.18. The summed E-state index contributed by atoms with van der Waals surface area (Å²) in [5.74, 6) is 0. The van der Waals surface area contributed by atoms with Crippen molar-refractivity contribution in [3.8, 4) is 0 Å². The maximum Gasteiger partial charge on any atom is 0.294 e. The van der Waals surface area contributed by atoms with Crippen LogP contribution in [0.3, 0.4) is 0 Å². The molecular weight excluding hydrogens is 300 g/mol. The quantitative estimate of drug-likeness (QED) is 0.654. The summed E-state index contributed by atoms with van der Waals surface area (Å²) in [5.41, 5.74) is 9.42. The van der Waals surface area contributed by atoms with Crippen molar-refractivity contribution < 1.29 is 13.0 Å². The topological polar surface area (TPSA) is 83.6 Å². The largest absolute Gasteiger partial charge is 0.399 e. The van der Waals surface area contributed by atoms with Gasteiger partial charge in [-0.05, 0) is 55.3 Å². The van der Waals surface area contributed by atoms with Crippen LogP contribution in [0, 0.1) is 6.92 Å². The lowest BCUT2D eigenvalue weighted by atomic mass is 10.1. The van der Waals surface area contributed by atoms with E-state index in [1.165, 1.54) is 12.1 Å². The fraction of sp³-hybridized carbons (Fsp3) is 0.250. The molecule has 0 saturated heterocycles. The maximum atomic E-state index is 11.2. The van der Waals surface area contributed by atoms with E-state index in [-0.39, 0.29) is 4.90 Å². The molecule has 0 aliphatic rings. The van der Waals surface area contributed by atoms with Crippen molar-refractivity contribution in [3.63, 3.8) is 0 Å². The molecule has 0 unspecified atom stereocenters. The molecule has 0 heterocycles. The number of rotatable bonds is 5. The van der Waals surface area contributed by atoms with Crippen LogP contribution >= 0.6 is 0 Å². The van der Waals surface area contributed by atoms with Gasteiger partial charge in [-0.25, -0.2) is 0 Å². The number of nitrogens with zero attached hydrogens (tertiary/aromatic N) is 1. The van der Waals surface area contributed by atoms with E-state index in [1.807, 2.05) is 38.1 Å². The second-order valence-corrected chi connectivity index (χ2v) is 6.60. The third-order valence-electron chi connectivity index (χ3n) is 3.57. The Morgan fingerprint density at radius 2 is 1.91 bits per heavy atom. The molecule has 2 aromatic carbocycles. The fourth-order valence-electron chi connectivity index (χ4n) is 2.27. The van der Waals surface area contributed by atoms with Gasteiger partial charge in [0.25, 0.3) is 10.1 Å². The standard InChI is InChI=1S/C16H20N2O3S/c1-3-18(14-7-8-16(17)12(2)9-14)11-13-5-4-6-15(10-13)22(19,20)21/h4-10H,3,11,17H2,1-2H3,(H,19,20,21). The van der Waals surface area contributed by atoms with Gasteiger partial charge in [0, 0.05) is 24.5 Å². The average molecular weight is 320 g/mol. The van der Waals surface area contributed by atoms with Gasteiger partial charge in [0.1, 0.15) is 0 Å². The van der Waals surface area contributed by atoms with Gasteiger partial charge in [0.05, 0.1) is 4.90 Å². The lowest BCUT2D eigenvalue weighted by Gasteiger charge is -2.24. The Labute approximate surface area is 131 Å². The van der Waals surface area contributed by atoms with Crippen molar-refractivity contribution in [3.05, 3.63) is 53.6 Å². The second kappa shape index (κ2) is 6.37. The number of hydrogen-bond donors (Lipinski definition) is 2. The third-order valence-corrected chi connectivity index (χ3v) is 4.42. The number of aryl methyl sites for hydroxylation is 1. The molecule has 5 nitrogen and oxygen atoms in total. The van der Waals surface area contributed by atoms with E-state index in [0.717, 1.165) is 29.0 Å². The number of benzene rings is 2. The van der Waals surface area contributed by atoms with E-state index in [4.69, 9.17) is 10.3 Å². The molecule has 22 heavy (non-hydrogen) atoms. The van der Waals surface area contributed by atoms with Crippen molar-refractivity contribution in [2.24, 2.45) is 0 Å². The van der Waals surface area contributed by atoms with E-state index in [2.05, 4.69) is 4.90 Å². The van der Waals surface area contributed by atoms with Gasteiger partial charge >= 0.3 is 0 Å². The monoisotopic (exact) mass is 320 g/mol. The highest BCUT2D eigenvalue weighted by Gasteiger charge is 2.12. The number of nitrogens with two attached hydrogens (primary N) is 1. The first-order chi connectivity index (χ1) is 10.3. The predicted molar refractivity (Wildman–Crippen MR) is 88.6 cm³/mol. The first kappa shape index (κ1) is 16.3. The van der Waals surface area contributed by atoms with Gasteiger partial charge < -0.3 is 10.6 Å². The Morgan fingerprint density at radius 3 is 2.50 bits per heavy atom. The molecule has 0 spiro atoms. The van der Waals surface area contributed by atoms with Crippen LogP contribution in [0.25, 0.3) is 0 Å². The molecule has 0 radical (unpaired) electrons. The van der Waals surface area contributed by atoms with Gasteiger partial charge in [-0.1, -0.05) is 12.1 Å². The molecule has 0 bridgehead atoms. The van der Waals surface area contributed by atoms with E-state index >= 15 is 0 Å². The van der Waals surface area contributed by atoms with Crippen molar-refractivity contribution in [2.75, 3.05) is 17.2 Å². The summed E-state index contributed by atoms with van der Waals surface area (Å²) >= 11 is 0. The van der Waals surface area contributed by atoms with Crippen molar-refractivity contribution in [1.29, 1.82) is 0 Å². The summed E-state index contributed by atoms with van der Waals surface area (Å²) in [5, 5.41) is 0. The van der Waals surface area contributed by atoms with Crippen LogP contribution < -0.4 is 10.6 Å². The lowest BCUT2D eigenvalue weighted by Crippen LogP contribution is -2.22. The molecular formula is C16H20N2O3S. The molecule has 3 N–H and O–H groups in total. The van der Waals surface area contributed by atoms with E-state index in [0.29, 0.717) is 6.54 Å². The van der Waals surface area contributed by atoms with Crippen LogP contribution in [0.5, 0.6) is 0 Å². The first-order valence-corrected chi connectivity index (χ1v) is 8.42. The minimum Gasteiger partial charge on any atom is -0.399 e. The smallest absolute Gasteiger partial charge is 0.294 e. The van der Waals surface area contributed by atoms with Crippen molar-refractivity contribution >= 4 is 21.5 Å². The van der Waals surface area contributed by atoms with Crippen LogP contribution in [0.15, 0.2) is 47.4 Å². The zero-order valence-corrected chi connectivity index (χ0v) is 13.5. The highest BCUT2D eigenvalue weighted by atomic mass is 32.2. The van der Waals surface area contributed by atoms with Gasteiger partial charge in [0.2, 0.25) is 0 Å². The van der Waals surface area contributed by atoms with Crippen molar-refractivity contribution in [1.82, 2.24) is 0 Å². The molecule has 2 rings (SSSR count). The summed E-state index contributed by atoms with van der Waals surface area (Å²) in [6, 6.07) is 12.1. The molecule has 2 aromatic rings. The summed E-state index contributed by atoms with van der Waals surface area (Å²) < 4.78 is 31.6. The molecule has 0 aromatic heterocycles. The molecule has 6 heteroatoms. The Balaban J connectivity index is 2.29. The molecule has 118 valence electrons. The highest BCUT2D eigenvalue weighted by Crippen LogP contribution is 2.23. The minimum atomic E-state index is -4.18. The van der Waals surface area contributed by atoms with Crippen LogP contribution in [-0.4, -0.2) is 19.5 Å². The van der Waals surface area contributed by atoms with Crippen LogP contribution in [-0.2, 0) is 16.7 Å². The zero-order valence-electron chi connectivity index (χ0n) is 12.7. The molecule has 0 amide bonds. The summed E-state index contributed by atoms with van der Waals surface area (Å²) in [4.78, 5) is 2.02. The molecule has 0 saturated carbocycles. The van der Waals surface area contributed by atoms with E-state index in [9.17, 15) is 8.42 Å². The van der Waals surface area contributed by atoms with Crippen LogP contribution in [0.2, 0.25) is 0 Å². The molecule has 0 aliphatic heterocycles. The maximum absolute atomic E-state index is 11.2. The Morgan fingerprint density at radius 1 is 1.18 bits per heavy atom. The van der Waals surface area contributed by atoms with Gasteiger partial charge in [-0.15, -0.1) is 0 Å². The average Bonchev–Trinajstić information content (AvgIpc) is 2.47. The Kier molecular flexibility index (Phi) is 4.73. The van der Waals surface area contributed by atoms with Gasteiger partial charge in [-0.2, -0.15) is 8.42 Å². The van der Waals surface area contributed by atoms with Crippen LogP contribution in [0.1, 0.15) is 18.1 Å². The van der Waals surface area contributed by atoms with E-state index < -0.39 is 10.1 Å². The predicted octanol–water partition coefficient (Wildman–Crippen LogP) is 2.85. The van der Waals surface area contributed by atoms with Gasteiger partial charge in [0.15, 0.2) is 0 Å². The molecule has 0 atom stereocenters. The molecule has 0 aliphatic carbocycles. The Bertz CT molecular complexity index is 773. The normalized spacial score (nSPS) is 11.4. The summed E-state index contributed by atoms with van der Waals surface area (Å²) in [6.45, 7) is 5.28. The first-order valence-electron chi connectivity index (χ1n) is 6.98. The number of hydrogen-bond acceptors (Lipinski definition) is 4. The SMILES string of the molecule is CCN(Cc1cccc(S(=O)(=O)O)c1)c1ccc(N)c(C)c1. The Hall–Kier alpha value is -2.05. The second-order valence-electron chi connectivity index (χ2n) is 5.18. The number of anilines is 2. The zero-order chi connectivity index (χ0) is 16.3. The van der Waals surface area contributed by atoms with Crippen LogP contribution in [0.4, 0.5) is 11.4 Å². The fourth-order valence-corrected chi connectivity index (χ4v) is 2.82. The molecule has 0 fully saturated rings. The summed E-state index contributed by atoms with van der Waals surface area (Å²) in [6.07, 6.45) is 0. The highest BCUT2D eigenvalue weighted by molar-refractivity contribution is 7.85. The van der Waals surface area contributed by atoms with Gasteiger partial charge in [-0.3, -0.25) is 4.55 Å². The number of nitrogen functional groups attached to an aromatic ring is 1. The van der Waals surface area contributed by atoms with Crippen molar-refractivity contribution in [2.45, 2.75) is 25.3 Å². The third kappa shape index (κ3) is 3.78.